The number of nitrogens with zero attached hydrogens (tertiary/aromatic N) is 3. The molecule has 2 aromatic rings. The second kappa shape index (κ2) is 8.67. The number of ether oxygens (including phenoxy) is 2. The largest absolute Gasteiger partial charge is 0.493 e. The maximum atomic E-state index is 5.38. The Morgan fingerprint density at radius 1 is 1.12 bits per heavy atom. The first-order valence-corrected chi connectivity index (χ1v) is 9.54. The van der Waals surface area contributed by atoms with Crippen LogP contribution in [0.1, 0.15) is 36.5 Å². The minimum Gasteiger partial charge on any atom is -0.493 e. The van der Waals surface area contributed by atoms with Crippen LogP contribution in [0.5, 0.6) is 11.5 Å². The molecule has 0 fully saturated rings. The number of fused-ring (bicyclic) bond motifs is 1. The first-order chi connectivity index (χ1) is 12.2. The van der Waals surface area contributed by atoms with Gasteiger partial charge in [-0.25, -0.2) is 0 Å². The summed E-state index contributed by atoms with van der Waals surface area (Å²) in [6, 6.07) is 3.94. The van der Waals surface area contributed by atoms with Gasteiger partial charge in [-0.1, -0.05) is 22.4 Å². The highest BCUT2D eigenvalue weighted by Gasteiger charge is 2.14. The van der Waals surface area contributed by atoms with Crippen molar-refractivity contribution in [3.63, 3.8) is 0 Å². The first kappa shape index (κ1) is 18.2. The zero-order valence-electron chi connectivity index (χ0n) is 14.8. The molecule has 1 N–H and O–H groups in total. The average molecular weight is 409 g/mol. The summed E-state index contributed by atoms with van der Waals surface area (Å²) in [6.07, 6.45) is 5.68. The number of aromatic nitrogens is 3. The lowest BCUT2D eigenvalue weighted by Crippen LogP contribution is -2.19. The van der Waals surface area contributed by atoms with Gasteiger partial charge in [-0.15, -0.1) is 10.2 Å². The van der Waals surface area contributed by atoms with E-state index < -0.39 is 0 Å². The molecule has 2 heterocycles. The van der Waals surface area contributed by atoms with E-state index in [-0.39, 0.29) is 0 Å². The molecule has 1 aromatic carbocycles. The van der Waals surface area contributed by atoms with Gasteiger partial charge in [0.2, 0.25) is 0 Å². The Morgan fingerprint density at radius 2 is 1.92 bits per heavy atom. The van der Waals surface area contributed by atoms with Crippen LogP contribution >= 0.6 is 15.9 Å². The maximum Gasteiger partial charge on any atom is 0.161 e. The van der Waals surface area contributed by atoms with Gasteiger partial charge in [-0.2, -0.15) is 0 Å². The van der Waals surface area contributed by atoms with Crippen LogP contribution in [0.2, 0.25) is 0 Å². The van der Waals surface area contributed by atoms with Gasteiger partial charge in [0.05, 0.1) is 14.2 Å². The Kier molecular flexibility index (Phi) is 6.31. The molecule has 0 unspecified atom stereocenters. The fourth-order valence-electron chi connectivity index (χ4n) is 3.19. The average Bonchev–Trinajstić information content (AvgIpc) is 2.86. The topological polar surface area (TPSA) is 61.2 Å². The number of benzene rings is 1. The first-order valence-electron chi connectivity index (χ1n) is 8.75. The molecule has 0 aliphatic carbocycles. The van der Waals surface area contributed by atoms with E-state index >= 15 is 0 Å². The Balaban J connectivity index is 1.56. The highest BCUT2D eigenvalue weighted by Crippen LogP contribution is 2.33. The molecule has 0 atom stereocenters. The predicted molar refractivity (Wildman–Crippen MR) is 100 cm³/mol. The quantitative estimate of drug-likeness (QED) is 0.713. The van der Waals surface area contributed by atoms with Crippen LogP contribution in [0.4, 0.5) is 0 Å². The van der Waals surface area contributed by atoms with Gasteiger partial charge < -0.3 is 19.4 Å². The van der Waals surface area contributed by atoms with Crippen molar-refractivity contribution in [1.82, 2.24) is 20.1 Å². The van der Waals surface area contributed by atoms with E-state index in [4.69, 9.17) is 9.47 Å². The monoisotopic (exact) mass is 408 g/mol. The molecule has 0 saturated carbocycles. The summed E-state index contributed by atoms with van der Waals surface area (Å²) >= 11 is 3.60. The lowest BCUT2D eigenvalue weighted by molar-refractivity contribution is 0.354. The third-order valence-corrected chi connectivity index (χ3v) is 5.32. The van der Waals surface area contributed by atoms with E-state index in [1.165, 1.54) is 19.3 Å². The standard InChI is InChI=1S/C18H25BrN4O2/c1-24-15-10-13(14(19)11-16(15)25-2)12-20-8-7-18-22-21-17-6-4-3-5-9-23(17)18/h10-11,20H,3-9,12H2,1-2H3. The zero-order chi connectivity index (χ0) is 17.6. The van der Waals surface area contributed by atoms with Crippen LogP contribution in [-0.2, 0) is 25.9 Å². The molecule has 7 heteroatoms. The number of hydrogen-bond acceptors (Lipinski definition) is 5. The minimum atomic E-state index is 0.726. The van der Waals surface area contributed by atoms with Crippen molar-refractivity contribution in [2.45, 2.75) is 45.2 Å². The van der Waals surface area contributed by atoms with Gasteiger partial charge in [-0.3, -0.25) is 0 Å². The lowest BCUT2D eigenvalue weighted by atomic mass is 10.2. The van der Waals surface area contributed by atoms with Crippen molar-refractivity contribution in [1.29, 1.82) is 0 Å². The van der Waals surface area contributed by atoms with Crippen molar-refractivity contribution in [3.05, 3.63) is 33.8 Å². The summed E-state index contributed by atoms with van der Waals surface area (Å²) in [5.41, 5.74) is 1.14. The molecule has 0 saturated heterocycles. The second-order valence-electron chi connectivity index (χ2n) is 6.22. The molecule has 6 nitrogen and oxygen atoms in total. The number of rotatable bonds is 7. The molecule has 0 bridgehead atoms. The zero-order valence-corrected chi connectivity index (χ0v) is 16.4. The smallest absolute Gasteiger partial charge is 0.161 e. The molecule has 0 spiro atoms. The number of nitrogens with one attached hydrogen (secondary N) is 1. The van der Waals surface area contributed by atoms with Gasteiger partial charge in [-0.05, 0) is 30.5 Å². The summed E-state index contributed by atoms with van der Waals surface area (Å²) in [6.45, 7) is 2.67. The Morgan fingerprint density at radius 3 is 2.72 bits per heavy atom. The minimum absolute atomic E-state index is 0.726. The molecule has 136 valence electrons. The Labute approximate surface area is 157 Å². The number of aryl methyl sites for hydroxylation is 1. The van der Waals surface area contributed by atoms with Crippen molar-refractivity contribution in [2.75, 3.05) is 20.8 Å². The van der Waals surface area contributed by atoms with E-state index in [9.17, 15) is 0 Å². The lowest BCUT2D eigenvalue weighted by Gasteiger charge is -2.13. The third-order valence-electron chi connectivity index (χ3n) is 4.58. The summed E-state index contributed by atoms with van der Waals surface area (Å²) < 4.78 is 14.0. The van der Waals surface area contributed by atoms with Crippen LogP contribution < -0.4 is 14.8 Å². The number of halogens is 1. The van der Waals surface area contributed by atoms with E-state index in [1.807, 2.05) is 12.1 Å². The number of hydrogen-bond donors (Lipinski definition) is 1. The van der Waals surface area contributed by atoms with Crippen LogP contribution in [0, 0.1) is 0 Å². The van der Waals surface area contributed by atoms with Gasteiger partial charge in [0.15, 0.2) is 11.5 Å². The molecule has 3 rings (SSSR count). The van der Waals surface area contributed by atoms with Crippen molar-refractivity contribution in [3.8, 4) is 11.5 Å². The van der Waals surface area contributed by atoms with E-state index in [1.54, 1.807) is 14.2 Å². The van der Waals surface area contributed by atoms with Gasteiger partial charge in [0.1, 0.15) is 11.6 Å². The molecule has 1 aromatic heterocycles. The maximum absolute atomic E-state index is 5.38. The summed E-state index contributed by atoms with van der Waals surface area (Å²) in [5, 5.41) is 12.2. The summed E-state index contributed by atoms with van der Waals surface area (Å²) in [7, 11) is 3.30. The normalized spacial score (nSPS) is 14.0. The van der Waals surface area contributed by atoms with Gasteiger partial charge in [0, 0.05) is 36.9 Å². The van der Waals surface area contributed by atoms with Crippen LogP contribution in [-0.4, -0.2) is 35.5 Å². The molecule has 1 aliphatic heterocycles. The van der Waals surface area contributed by atoms with Gasteiger partial charge >= 0.3 is 0 Å². The van der Waals surface area contributed by atoms with Crippen LogP contribution in [0.25, 0.3) is 0 Å². The fourth-order valence-corrected chi connectivity index (χ4v) is 3.65. The Bertz CT molecular complexity index is 717. The van der Waals surface area contributed by atoms with E-state index in [0.29, 0.717) is 0 Å². The Hall–Kier alpha value is -1.60. The number of methoxy groups -OCH3 is 2. The molecule has 25 heavy (non-hydrogen) atoms. The SMILES string of the molecule is COc1cc(Br)c(CNCCc2nnc3n2CCCCC3)cc1OC. The van der Waals surface area contributed by atoms with Crippen molar-refractivity contribution < 1.29 is 9.47 Å². The van der Waals surface area contributed by atoms with Gasteiger partial charge in [0.25, 0.3) is 0 Å². The molecule has 0 amide bonds. The summed E-state index contributed by atoms with van der Waals surface area (Å²) in [4.78, 5) is 0. The van der Waals surface area contributed by atoms with Crippen molar-refractivity contribution >= 4 is 15.9 Å². The van der Waals surface area contributed by atoms with Crippen molar-refractivity contribution in [2.24, 2.45) is 0 Å². The fraction of sp³-hybridized carbons (Fsp3) is 0.556. The molecular formula is C18H25BrN4O2. The molecule has 0 radical (unpaired) electrons. The molecule has 1 aliphatic rings. The molecular weight excluding hydrogens is 384 g/mol. The third kappa shape index (κ3) is 4.33. The predicted octanol–water partition coefficient (Wildman–Crippen LogP) is 3.12. The van der Waals surface area contributed by atoms with Crippen LogP contribution in [0.15, 0.2) is 16.6 Å². The highest BCUT2D eigenvalue weighted by molar-refractivity contribution is 9.10. The van der Waals surface area contributed by atoms with Crippen LogP contribution in [0.3, 0.4) is 0 Å². The highest BCUT2D eigenvalue weighted by atomic mass is 79.9. The van der Waals surface area contributed by atoms with E-state index in [0.717, 1.165) is 65.7 Å². The second-order valence-corrected chi connectivity index (χ2v) is 7.07. The summed E-state index contributed by atoms with van der Waals surface area (Å²) in [5.74, 6) is 3.71. The van der Waals surface area contributed by atoms with E-state index in [2.05, 4.69) is 36.0 Å².